The van der Waals surface area contributed by atoms with Crippen LogP contribution >= 0.6 is 0 Å². The van der Waals surface area contributed by atoms with Gasteiger partial charge in [0.25, 0.3) is 0 Å². The lowest BCUT2D eigenvalue weighted by Gasteiger charge is -2.27. The lowest BCUT2D eigenvalue weighted by Crippen LogP contribution is -2.21. The van der Waals surface area contributed by atoms with Crippen LogP contribution in [0.4, 0.5) is 8.78 Å². The number of allylic oxidation sites excluding steroid dienone is 3. The summed E-state index contributed by atoms with van der Waals surface area (Å²) in [5.41, 5.74) is 5.80. The average molecular weight is 465 g/mol. The number of unbranched alkanes of at least 4 members (excludes halogenated alkanes) is 1. The number of Topliss-reactive ketones (excluding diaryl/α,β-unsaturated/α-hetero) is 1. The molecule has 1 nitrogen and oxygen atoms in total. The second-order valence-corrected chi connectivity index (χ2v) is 10.5. The highest BCUT2D eigenvalue weighted by molar-refractivity contribution is 5.97. The maximum Gasteiger partial charge on any atom is 0.163 e. The van der Waals surface area contributed by atoms with Gasteiger partial charge in [-0.2, -0.15) is 0 Å². The van der Waals surface area contributed by atoms with Crippen molar-refractivity contribution in [3.8, 4) is 0 Å². The van der Waals surface area contributed by atoms with E-state index in [1.54, 1.807) is 12.1 Å². The first-order valence-corrected chi connectivity index (χ1v) is 12.6. The number of rotatable bonds is 9. The minimum absolute atomic E-state index is 0.0488. The first-order chi connectivity index (χ1) is 16.1. The Bertz CT molecular complexity index is 1070. The summed E-state index contributed by atoms with van der Waals surface area (Å²) in [5.74, 6) is -0.444. The van der Waals surface area contributed by atoms with Crippen molar-refractivity contribution >= 4 is 5.78 Å². The Labute approximate surface area is 204 Å². The summed E-state index contributed by atoms with van der Waals surface area (Å²) in [4.78, 5) is 12.9. The Hall–Kier alpha value is -2.55. The third kappa shape index (κ3) is 7.48. The lowest BCUT2D eigenvalue weighted by molar-refractivity contribution is 0.0907. The molecule has 0 aromatic heterocycles. The monoisotopic (exact) mass is 464 g/mol. The van der Waals surface area contributed by atoms with E-state index in [1.165, 1.54) is 28.8 Å². The van der Waals surface area contributed by atoms with Crippen molar-refractivity contribution in [2.45, 2.75) is 85.0 Å². The maximum atomic E-state index is 13.7. The summed E-state index contributed by atoms with van der Waals surface area (Å²) in [6.07, 6.45) is 11.9. The molecule has 3 heteroatoms. The summed E-state index contributed by atoms with van der Waals surface area (Å²) >= 11 is 0. The zero-order valence-corrected chi connectivity index (χ0v) is 21.0. The van der Waals surface area contributed by atoms with Crippen LogP contribution in [0.3, 0.4) is 0 Å². The molecule has 1 aliphatic rings. The first kappa shape index (κ1) is 26.1. The van der Waals surface area contributed by atoms with E-state index in [1.807, 2.05) is 26.0 Å². The normalized spacial score (nSPS) is 19.7. The van der Waals surface area contributed by atoms with E-state index in [4.69, 9.17) is 0 Å². The number of carbonyl (C=O) groups is 1. The molecule has 0 radical (unpaired) electrons. The zero-order chi connectivity index (χ0) is 24.7. The van der Waals surface area contributed by atoms with E-state index in [0.717, 1.165) is 63.4 Å². The molecule has 0 spiro atoms. The quantitative estimate of drug-likeness (QED) is 0.205. The predicted octanol–water partition coefficient (Wildman–Crippen LogP) is 9.02. The van der Waals surface area contributed by atoms with Crippen molar-refractivity contribution in [3.05, 3.63) is 94.1 Å². The fourth-order valence-electron chi connectivity index (χ4n) is 5.06. The Balaban J connectivity index is 1.48. The lowest BCUT2D eigenvalue weighted by atomic mass is 9.77. The van der Waals surface area contributed by atoms with Gasteiger partial charge in [-0.05, 0) is 112 Å². The van der Waals surface area contributed by atoms with Gasteiger partial charge in [-0.3, -0.25) is 4.79 Å². The standard InChI is InChI=1S/C31H38F2O/c1-22(8-5-6-9-25-12-14-29(33)24(3)19-25)18-26-10-7-16-31(4,17-15-26)21-30(34)28-20-27(32)13-11-23(28)2/h11-14,18-20H,1,5-10,15-17,21H2,2-4H3/b26-18-. The van der Waals surface area contributed by atoms with E-state index < -0.39 is 0 Å². The minimum Gasteiger partial charge on any atom is -0.294 e. The largest absolute Gasteiger partial charge is 0.294 e. The molecule has 0 amide bonds. The molecule has 3 rings (SSSR count). The number of ketones is 1. The SMILES string of the molecule is C=C(/C=C1/CCCC(C)(CC(=O)c2cc(F)ccc2C)CC1)CCCCc1ccc(F)c(C)c1. The van der Waals surface area contributed by atoms with Crippen LogP contribution in [0.2, 0.25) is 0 Å². The molecule has 0 N–H and O–H groups in total. The number of carbonyl (C=O) groups excluding carboxylic acids is 1. The Morgan fingerprint density at radius 2 is 1.82 bits per heavy atom. The second-order valence-electron chi connectivity index (χ2n) is 10.5. The van der Waals surface area contributed by atoms with Gasteiger partial charge in [0.1, 0.15) is 11.6 Å². The van der Waals surface area contributed by atoms with Gasteiger partial charge in [0, 0.05) is 12.0 Å². The molecular weight excluding hydrogens is 426 g/mol. The molecule has 1 atom stereocenters. The van der Waals surface area contributed by atoms with Crippen molar-refractivity contribution in [1.29, 1.82) is 0 Å². The first-order valence-electron chi connectivity index (χ1n) is 12.6. The van der Waals surface area contributed by atoms with E-state index in [9.17, 15) is 13.6 Å². The molecule has 1 aliphatic carbocycles. The number of aryl methyl sites for hydroxylation is 3. The zero-order valence-electron chi connectivity index (χ0n) is 21.0. The van der Waals surface area contributed by atoms with Crippen LogP contribution < -0.4 is 0 Å². The molecule has 2 aromatic rings. The molecule has 0 heterocycles. The van der Waals surface area contributed by atoms with Crippen LogP contribution in [0.5, 0.6) is 0 Å². The molecule has 182 valence electrons. The molecular formula is C31H38F2O. The van der Waals surface area contributed by atoms with Gasteiger partial charge < -0.3 is 0 Å². The highest BCUT2D eigenvalue weighted by atomic mass is 19.1. The number of benzene rings is 2. The summed E-state index contributed by atoms with van der Waals surface area (Å²) in [7, 11) is 0. The summed E-state index contributed by atoms with van der Waals surface area (Å²) in [5, 5.41) is 0. The Kier molecular flexibility index (Phi) is 8.99. The molecule has 2 aromatic carbocycles. The van der Waals surface area contributed by atoms with Crippen LogP contribution in [-0.4, -0.2) is 5.78 Å². The van der Waals surface area contributed by atoms with E-state index in [-0.39, 0.29) is 22.8 Å². The molecule has 0 aliphatic heterocycles. The van der Waals surface area contributed by atoms with Crippen LogP contribution in [-0.2, 0) is 6.42 Å². The van der Waals surface area contributed by atoms with Crippen LogP contribution in [0.1, 0.15) is 91.8 Å². The van der Waals surface area contributed by atoms with Gasteiger partial charge in [-0.15, -0.1) is 0 Å². The highest BCUT2D eigenvalue weighted by Gasteiger charge is 2.30. The van der Waals surface area contributed by atoms with Gasteiger partial charge in [-0.25, -0.2) is 8.78 Å². The van der Waals surface area contributed by atoms with E-state index in [2.05, 4.69) is 19.6 Å². The molecule has 1 saturated carbocycles. The molecule has 0 saturated heterocycles. The Morgan fingerprint density at radius 3 is 2.59 bits per heavy atom. The van der Waals surface area contributed by atoms with E-state index in [0.29, 0.717) is 17.5 Å². The van der Waals surface area contributed by atoms with Gasteiger partial charge in [-0.1, -0.05) is 48.9 Å². The molecule has 34 heavy (non-hydrogen) atoms. The van der Waals surface area contributed by atoms with Gasteiger partial charge in [0.05, 0.1) is 0 Å². The van der Waals surface area contributed by atoms with Crippen LogP contribution in [0, 0.1) is 30.9 Å². The summed E-state index contributed by atoms with van der Waals surface area (Å²) in [6.45, 7) is 10.2. The Morgan fingerprint density at radius 1 is 1.03 bits per heavy atom. The summed E-state index contributed by atoms with van der Waals surface area (Å²) < 4.78 is 27.1. The van der Waals surface area contributed by atoms with Gasteiger partial charge in [0.2, 0.25) is 0 Å². The van der Waals surface area contributed by atoms with Gasteiger partial charge >= 0.3 is 0 Å². The molecule has 0 bridgehead atoms. The maximum absolute atomic E-state index is 13.7. The van der Waals surface area contributed by atoms with Crippen molar-refractivity contribution in [1.82, 2.24) is 0 Å². The van der Waals surface area contributed by atoms with Crippen molar-refractivity contribution in [2.75, 3.05) is 0 Å². The predicted molar refractivity (Wildman–Crippen MR) is 137 cm³/mol. The van der Waals surface area contributed by atoms with E-state index >= 15 is 0 Å². The number of hydrogen-bond donors (Lipinski definition) is 0. The van der Waals surface area contributed by atoms with Crippen molar-refractivity contribution in [3.63, 3.8) is 0 Å². The van der Waals surface area contributed by atoms with Crippen LogP contribution in [0.15, 0.2) is 60.2 Å². The topological polar surface area (TPSA) is 17.1 Å². The molecule has 1 unspecified atom stereocenters. The van der Waals surface area contributed by atoms with Crippen molar-refractivity contribution in [2.24, 2.45) is 5.41 Å². The average Bonchev–Trinajstić information content (AvgIpc) is 2.96. The fraction of sp³-hybridized carbons (Fsp3) is 0.452. The third-order valence-corrected chi connectivity index (χ3v) is 7.26. The third-order valence-electron chi connectivity index (χ3n) is 7.26. The van der Waals surface area contributed by atoms with Crippen molar-refractivity contribution < 1.29 is 13.6 Å². The van der Waals surface area contributed by atoms with Gasteiger partial charge in [0.15, 0.2) is 5.78 Å². The number of hydrogen-bond acceptors (Lipinski definition) is 1. The molecule has 1 fully saturated rings. The number of halogens is 2. The minimum atomic E-state index is -0.350. The highest BCUT2D eigenvalue weighted by Crippen LogP contribution is 2.40. The summed E-state index contributed by atoms with van der Waals surface area (Å²) in [6, 6.07) is 9.85. The second kappa shape index (κ2) is 11.7. The smallest absolute Gasteiger partial charge is 0.163 e. The fourth-order valence-corrected chi connectivity index (χ4v) is 5.06. The van der Waals surface area contributed by atoms with Crippen LogP contribution in [0.25, 0.3) is 0 Å².